The van der Waals surface area contributed by atoms with Gasteiger partial charge >= 0.3 is 0 Å². The van der Waals surface area contributed by atoms with E-state index in [0.717, 1.165) is 32.1 Å². The fourth-order valence-electron chi connectivity index (χ4n) is 3.60. The van der Waals surface area contributed by atoms with Crippen LogP contribution < -0.4 is 5.32 Å². The Bertz CT molecular complexity index is 495. The summed E-state index contributed by atoms with van der Waals surface area (Å²) in [7, 11) is 0. The molecule has 1 atom stereocenters. The summed E-state index contributed by atoms with van der Waals surface area (Å²) in [6.45, 7) is 6.36. The Morgan fingerprint density at radius 1 is 1.23 bits per heavy atom. The Morgan fingerprint density at radius 2 is 2.00 bits per heavy atom. The number of guanidine groups is 1. The molecule has 1 aliphatic carbocycles. The van der Waals surface area contributed by atoms with Crippen molar-refractivity contribution in [2.24, 2.45) is 4.99 Å². The summed E-state index contributed by atoms with van der Waals surface area (Å²) in [5.74, 6) is 1.73. The van der Waals surface area contributed by atoms with Crippen molar-refractivity contribution in [3.05, 3.63) is 35.4 Å². The van der Waals surface area contributed by atoms with Gasteiger partial charge in [0.15, 0.2) is 5.96 Å². The summed E-state index contributed by atoms with van der Waals surface area (Å²) >= 11 is 0. The molecule has 1 heterocycles. The molecule has 1 N–H and O–H groups in total. The van der Waals surface area contributed by atoms with E-state index in [1.165, 1.54) is 43.2 Å². The van der Waals surface area contributed by atoms with Crippen LogP contribution in [0.5, 0.6) is 0 Å². The van der Waals surface area contributed by atoms with E-state index in [9.17, 15) is 0 Å². The van der Waals surface area contributed by atoms with Gasteiger partial charge in [0.1, 0.15) is 0 Å². The molecule has 0 aromatic heterocycles. The van der Waals surface area contributed by atoms with Crippen molar-refractivity contribution in [3.8, 4) is 0 Å². The van der Waals surface area contributed by atoms with E-state index in [2.05, 4.69) is 41.4 Å². The van der Waals surface area contributed by atoms with Gasteiger partial charge in [0.2, 0.25) is 0 Å². The van der Waals surface area contributed by atoms with Gasteiger partial charge in [-0.05, 0) is 50.2 Å². The van der Waals surface area contributed by atoms with Crippen LogP contribution in [-0.2, 0) is 6.42 Å². The van der Waals surface area contributed by atoms with Crippen molar-refractivity contribution < 1.29 is 0 Å². The molecule has 0 radical (unpaired) electrons. The van der Waals surface area contributed by atoms with Crippen LogP contribution in [0.15, 0.2) is 29.3 Å². The zero-order valence-corrected chi connectivity index (χ0v) is 15.9. The molecular formula is C18H28IN3. The number of aliphatic imine (C=N–C) groups is 1. The molecular weight excluding hydrogens is 385 g/mol. The van der Waals surface area contributed by atoms with Crippen molar-refractivity contribution in [2.75, 3.05) is 26.2 Å². The molecule has 3 rings (SSSR count). The summed E-state index contributed by atoms with van der Waals surface area (Å²) in [6.07, 6.45) is 6.42. The Kier molecular flexibility index (Phi) is 6.99. The molecule has 1 aromatic rings. The number of hydrogen-bond donors (Lipinski definition) is 1. The highest BCUT2D eigenvalue weighted by Crippen LogP contribution is 2.31. The lowest BCUT2D eigenvalue weighted by molar-refractivity contribution is 0.487. The largest absolute Gasteiger partial charge is 0.357 e. The van der Waals surface area contributed by atoms with Crippen molar-refractivity contribution in [3.63, 3.8) is 0 Å². The van der Waals surface area contributed by atoms with Gasteiger partial charge in [-0.3, -0.25) is 4.99 Å². The van der Waals surface area contributed by atoms with Crippen LogP contribution in [0.1, 0.15) is 49.7 Å². The SMILES string of the molecule is CCNC(=NCC1CCCc2ccccc21)N1CCCC1.I. The van der Waals surface area contributed by atoms with E-state index in [-0.39, 0.29) is 24.0 Å². The molecule has 4 heteroatoms. The van der Waals surface area contributed by atoms with Crippen LogP contribution in [0.2, 0.25) is 0 Å². The molecule has 1 fully saturated rings. The summed E-state index contributed by atoms with van der Waals surface area (Å²) in [5.41, 5.74) is 3.07. The van der Waals surface area contributed by atoms with Crippen LogP contribution in [0.25, 0.3) is 0 Å². The molecule has 0 saturated carbocycles. The highest BCUT2D eigenvalue weighted by molar-refractivity contribution is 14.0. The van der Waals surface area contributed by atoms with Gasteiger partial charge in [0, 0.05) is 32.1 Å². The van der Waals surface area contributed by atoms with E-state index in [1.807, 2.05) is 0 Å². The number of fused-ring (bicyclic) bond motifs is 1. The van der Waals surface area contributed by atoms with Crippen LogP contribution in [0, 0.1) is 0 Å². The summed E-state index contributed by atoms with van der Waals surface area (Å²) in [6, 6.07) is 8.93. The zero-order valence-electron chi connectivity index (χ0n) is 13.6. The van der Waals surface area contributed by atoms with Gasteiger partial charge in [-0.2, -0.15) is 0 Å². The minimum absolute atomic E-state index is 0. The van der Waals surface area contributed by atoms with E-state index in [1.54, 1.807) is 0 Å². The van der Waals surface area contributed by atoms with E-state index in [4.69, 9.17) is 4.99 Å². The molecule has 22 heavy (non-hydrogen) atoms. The molecule has 1 saturated heterocycles. The van der Waals surface area contributed by atoms with Gasteiger partial charge in [-0.15, -0.1) is 24.0 Å². The number of rotatable bonds is 3. The average molecular weight is 413 g/mol. The lowest BCUT2D eigenvalue weighted by atomic mass is 9.83. The Hall–Kier alpha value is -0.780. The van der Waals surface area contributed by atoms with Crippen LogP contribution in [0.4, 0.5) is 0 Å². The summed E-state index contributed by atoms with van der Waals surface area (Å²) in [5, 5.41) is 3.46. The van der Waals surface area contributed by atoms with Crippen LogP contribution >= 0.6 is 24.0 Å². The number of benzene rings is 1. The maximum absolute atomic E-state index is 4.95. The molecule has 1 aliphatic heterocycles. The number of likely N-dealkylation sites (tertiary alicyclic amines) is 1. The topological polar surface area (TPSA) is 27.6 Å². The molecule has 3 nitrogen and oxygen atoms in total. The highest BCUT2D eigenvalue weighted by atomic mass is 127. The first-order valence-corrected chi connectivity index (χ1v) is 8.49. The fraction of sp³-hybridized carbons (Fsp3) is 0.611. The Morgan fingerprint density at radius 3 is 2.77 bits per heavy atom. The lowest BCUT2D eigenvalue weighted by Crippen LogP contribution is -2.39. The van der Waals surface area contributed by atoms with Crippen molar-refractivity contribution in [1.82, 2.24) is 10.2 Å². The minimum atomic E-state index is 0. The lowest BCUT2D eigenvalue weighted by Gasteiger charge is -2.26. The quantitative estimate of drug-likeness (QED) is 0.464. The highest BCUT2D eigenvalue weighted by Gasteiger charge is 2.21. The first-order chi connectivity index (χ1) is 10.4. The van der Waals surface area contributed by atoms with Crippen LogP contribution in [0.3, 0.4) is 0 Å². The summed E-state index contributed by atoms with van der Waals surface area (Å²) < 4.78 is 0. The van der Waals surface area contributed by atoms with Gasteiger partial charge < -0.3 is 10.2 Å². The first-order valence-electron chi connectivity index (χ1n) is 8.49. The standard InChI is InChI=1S/C18H27N3.HI/c1-2-19-18(21-12-5-6-13-21)20-14-16-10-7-9-15-8-3-4-11-17(15)16;/h3-4,8,11,16H,2,5-7,9-10,12-14H2,1H3,(H,19,20);1H. The monoisotopic (exact) mass is 413 g/mol. The maximum atomic E-state index is 4.95. The second kappa shape index (κ2) is 8.75. The number of aryl methyl sites for hydroxylation is 1. The third kappa shape index (κ3) is 4.15. The first kappa shape index (κ1) is 17.6. The third-order valence-corrected chi connectivity index (χ3v) is 4.70. The number of nitrogens with zero attached hydrogens (tertiary/aromatic N) is 2. The van der Waals surface area contributed by atoms with Crippen LogP contribution in [-0.4, -0.2) is 37.0 Å². The Labute approximate surface area is 151 Å². The van der Waals surface area contributed by atoms with E-state index in [0.29, 0.717) is 5.92 Å². The molecule has 2 aliphatic rings. The minimum Gasteiger partial charge on any atom is -0.357 e. The van der Waals surface area contributed by atoms with E-state index < -0.39 is 0 Å². The van der Waals surface area contributed by atoms with Gasteiger partial charge in [0.25, 0.3) is 0 Å². The normalized spacial score (nSPS) is 21.2. The Balaban J connectivity index is 0.00000176. The molecule has 0 spiro atoms. The molecule has 0 amide bonds. The number of halogens is 1. The fourth-order valence-corrected chi connectivity index (χ4v) is 3.60. The molecule has 0 bridgehead atoms. The van der Waals surface area contributed by atoms with Crippen molar-refractivity contribution in [1.29, 1.82) is 0 Å². The van der Waals surface area contributed by atoms with Gasteiger partial charge in [-0.25, -0.2) is 0 Å². The average Bonchev–Trinajstić information content (AvgIpc) is 3.05. The van der Waals surface area contributed by atoms with E-state index >= 15 is 0 Å². The van der Waals surface area contributed by atoms with Crippen molar-refractivity contribution >= 4 is 29.9 Å². The third-order valence-electron chi connectivity index (χ3n) is 4.70. The predicted molar refractivity (Wildman–Crippen MR) is 104 cm³/mol. The smallest absolute Gasteiger partial charge is 0.193 e. The number of hydrogen-bond acceptors (Lipinski definition) is 1. The zero-order chi connectivity index (χ0) is 14.5. The second-order valence-electron chi connectivity index (χ2n) is 6.18. The van der Waals surface area contributed by atoms with Gasteiger partial charge in [-0.1, -0.05) is 24.3 Å². The predicted octanol–water partition coefficient (Wildman–Crippen LogP) is 3.79. The van der Waals surface area contributed by atoms with Gasteiger partial charge in [0.05, 0.1) is 0 Å². The molecule has 122 valence electrons. The summed E-state index contributed by atoms with van der Waals surface area (Å²) in [4.78, 5) is 7.36. The molecule has 1 unspecified atom stereocenters. The maximum Gasteiger partial charge on any atom is 0.193 e. The molecule has 1 aromatic carbocycles. The van der Waals surface area contributed by atoms with Crippen molar-refractivity contribution in [2.45, 2.75) is 44.9 Å². The second-order valence-corrected chi connectivity index (χ2v) is 6.18. The number of nitrogens with one attached hydrogen (secondary N) is 1.